The van der Waals surface area contributed by atoms with Gasteiger partial charge in [0.05, 0.1) is 11.2 Å². The maximum atomic E-state index is 4.74. The molecule has 2 aromatic rings. The van der Waals surface area contributed by atoms with Crippen LogP contribution in [0.25, 0.3) is 10.9 Å². The second kappa shape index (κ2) is 8.06. The van der Waals surface area contributed by atoms with Gasteiger partial charge in [0.25, 0.3) is 0 Å². The first-order chi connectivity index (χ1) is 13.2. The molecule has 0 spiro atoms. The van der Waals surface area contributed by atoms with Gasteiger partial charge >= 0.3 is 0 Å². The van der Waals surface area contributed by atoms with Crippen molar-refractivity contribution in [2.75, 3.05) is 6.54 Å². The lowest BCUT2D eigenvalue weighted by Crippen LogP contribution is -2.19. The third-order valence-corrected chi connectivity index (χ3v) is 5.90. The van der Waals surface area contributed by atoms with Crippen LogP contribution in [0, 0.1) is 11.3 Å². The van der Waals surface area contributed by atoms with Gasteiger partial charge < -0.3 is 0 Å². The van der Waals surface area contributed by atoms with Crippen molar-refractivity contribution < 1.29 is 0 Å². The van der Waals surface area contributed by atoms with E-state index in [9.17, 15) is 0 Å². The first-order valence-electron chi connectivity index (χ1n) is 10.6. The van der Waals surface area contributed by atoms with E-state index < -0.39 is 0 Å². The summed E-state index contributed by atoms with van der Waals surface area (Å²) < 4.78 is 0. The van der Waals surface area contributed by atoms with Crippen molar-refractivity contribution in [3.63, 3.8) is 0 Å². The Morgan fingerprint density at radius 3 is 2.64 bits per heavy atom. The molecule has 0 fully saturated rings. The summed E-state index contributed by atoms with van der Waals surface area (Å²) in [6.07, 6.45) is 11.9. The summed E-state index contributed by atoms with van der Waals surface area (Å²) in [5, 5.41) is 9.32. The lowest BCUT2D eigenvalue weighted by molar-refractivity contribution is 0.424. The average Bonchev–Trinajstić information content (AvgIpc) is 3.07. The molecule has 28 heavy (non-hydrogen) atoms. The van der Waals surface area contributed by atoms with Gasteiger partial charge in [-0.25, -0.2) is 0 Å². The minimum absolute atomic E-state index is 0.0335. The van der Waals surface area contributed by atoms with E-state index in [0.717, 1.165) is 31.5 Å². The maximum Gasteiger partial charge on any atom is 0.0709 e. The Hall–Kier alpha value is -2.16. The van der Waals surface area contributed by atoms with Crippen LogP contribution < -0.4 is 0 Å². The number of allylic oxidation sites excluding steroid dienone is 3. The first kappa shape index (κ1) is 20.6. The molecule has 2 heterocycles. The topological polar surface area (TPSA) is 41.0 Å². The van der Waals surface area contributed by atoms with E-state index >= 15 is 0 Å². The molecule has 0 saturated carbocycles. The van der Waals surface area contributed by atoms with Crippen LogP contribution in [-0.4, -0.2) is 23.0 Å². The lowest BCUT2D eigenvalue weighted by atomic mass is 9.77. The predicted molar refractivity (Wildman–Crippen MR) is 121 cm³/mol. The van der Waals surface area contributed by atoms with Gasteiger partial charge in [-0.1, -0.05) is 83.5 Å². The van der Waals surface area contributed by atoms with Crippen molar-refractivity contribution in [2.45, 2.75) is 66.2 Å². The van der Waals surface area contributed by atoms with Gasteiger partial charge in [-0.05, 0) is 29.2 Å². The zero-order chi connectivity index (χ0) is 20.4. The minimum atomic E-state index is 0.0335. The second-order valence-corrected chi connectivity index (χ2v) is 9.66. The van der Waals surface area contributed by atoms with Crippen LogP contribution in [0.2, 0.25) is 0 Å². The fraction of sp³-hybridized carbons (Fsp3) is 0.520. The number of para-hydroxylation sites is 1. The van der Waals surface area contributed by atoms with Crippen molar-refractivity contribution in [2.24, 2.45) is 16.3 Å². The van der Waals surface area contributed by atoms with Gasteiger partial charge in [-0.15, -0.1) is 0 Å². The monoisotopic (exact) mass is 377 g/mol. The van der Waals surface area contributed by atoms with E-state index in [1.807, 2.05) is 0 Å². The standard InChI is InChI=1S/C25H35N3/c1-7-18-10-8-11-19(14-15-26-17-18)25(5,6)16-22-20-12-9-13-21(24(2,3)4)23(20)28-27-22/h8-13,17-18H,7,14-16H2,1-6H3,(H,27,28)/b10-8-,19-11+,26-17-. The van der Waals surface area contributed by atoms with E-state index in [0.29, 0.717) is 5.92 Å². The summed E-state index contributed by atoms with van der Waals surface area (Å²) >= 11 is 0. The van der Waals surface area contributed by atoms with E-state index in [1.54, 1.807) is 0 Å². The normalized spacial score (nSPS) is 22.8. The van der Waals surface area contributed by atoms with Gasteiger partial charge in [0.15, 0.2) is 0 Å². The van der Waals surface area contributed by atoms with Crippen LogP contribution in [0.5, 0.6) is 0 Å². The Morgan fingerprint density at radius 1 is 1.14 bits per heavy atom. The van der Waals surface area contributed by atoms with Crippen molar-refractivity contribution in [3.05, 3.63) is 53.3 Å². The molecule has 1 aromatic heterocycles. The second-order valence-electron chi connectivity index (χ2n) is 9.66. The average molecular weight is 378 g/mol. The zero-order valence-electron chi connectivity index (χ0n) is 18.3. The smallest absolute Gasteiger partial charge is 0.0709 e. The summed E-state index contributed by atoms with van der Waals surface area (Å²) in [7, 11) is 0. The molecular weight excluding hydrogens is 342 g/mol. The Bertz CT molecular complexity index is 904. The number of aromatic amines is 1. The minimum Gasteiger partial charge on any atom is -0.297 e. The molecule has 0 radical (unpaired) electrons. The van der Waals surface area contributed by atoms with Crippen molar-refractivity contribution in [1.82, 2.24) is 10.2 Å². The molecule has 0 saturated heterocycles. The summed E-state index contributed by atoms with van der Waals surface area (Å²) in [6.45, 7) is 14.5. The molecule has 3 heteroatoms. The molecule has 1 aromatic carbocycles. The molecule has 3 rings (SSSR count). The highest BCUT2D eigenvalue weighted by atomic mass is 15.1. The Balaban J connectivity index is 1.91. The maximum absolute atomic E-state index is 4.74. The van der Waals surface area contributed by atoms with E-state index in [2.05, 4.69) is 94.3 Å². The molecule has 1 aliphatic heterocycles. The van der Waals surface area contributed by atoms with Crippen molar-refractivity contribution in [1.29, 1.82) is 0 Å². The number of nitrogens with one attached hydrogen (secondary N) is 1. The first-order valence-corrected chi connectivity index (χ1v) is 10.6. The van der Waals surface area contributed by atoms with E-state index in [4.69, 9.17) is 5.10 Å². The number of aliphatic imine (C=N–C) groups is 1. The Kier molecular flexibility index (Phi) is 5.92. The number of benzene rings is 1. The number of hydrogen-bond donors (Lipinski definition) is 1. The largest absolute Gasteiger partial charge is 0.297 e. The molecule has 1 aliphatic rings. The highest BCUT2D eigenvalue weighted by molar-refractivity contribution is 5.85. The van der Waals surface area contributed by atoms with Crippen LogP contribution >= 0.6 is 0 Å². The highest BCUT2D eigenvalue weighted by Crippen LogP contribution is 2.36. The number of H-pyrrole nitrogens is 1. The molecule has 3 nitrogen and oxygen atoms in total. The molecule has 1 atom stereocenters. The quantitative estimate of drug-likeness (QED) is 0.657. The van der Waals surface area contributed by atoms with E-state index in [-0.39, 0.29) is 10.8 Å². The summed E-state index contributed by atoms with van der Waals surface area (Å²) in [4.78, 5) is 4.65. The number of hydrogen-bond acceptors (Lipinski definition) is 2. The van der Waals surface area contributed by atoms with Crippen LogP contribution in [0.1, 0.15) is 65.6 Å². The SMILES string of the molecule is CCC1/C=C\C=C(\C(C)(C)Cc2n[nH]c3c(C(C)(C)C)cccc23)CC/N=C\1. The van der Waals surface area contributed by atoms with Crippen molar-refractivity contribution in [3.8, 4) is 0 Å². The predicted octanol–water partition coefficient (Wildman–Crippen LogP) is 6.41. The third kappa shape index (κ3) is 4.45. The van der Waals surface area contributed by atoms with Gasteiger partial charge in [0.1, 0.15) is 0 Å². The fourth-order valence-electron chi connectivity index (χ4n) is 4.04. The van der Waals surface area contributed by atoms with Crippen LogP contribution in [0.4, 0.5) is 0 Å². The van der Waals surface area contributed by atoms with Crippen LogP contribution in [-0.2, 0) is 11.8 Å². The van der Waals surface area contributed by atoms with Crippen LogP contribution in [0.15, 0.2) is 47.0 Å². The summed E-state index contributed by atoms with van der Waals surface area (Å²) in [6, 6.07) is 6.58. The van der Waals surface area contributed by atoms with Crippen LogP contribution in [0.3, 0.4) is 0 Å². The van der Waals surface area contributed by atoms with Gasteiger partial charge in [-0.2, -0.15) is 5.10 Å². The van der Waals surface area contributed by atoms with E-state index in [1.165, 1.54) is 22.0 Å². The van der Waals surface area contributed by atoms with Crippen molar-refractivity contribution >= 4 is 17.1 Å². The van der Waals surface area contributed by atoms with Gasteiger partial charge in [0, 0.05) is 30.5 Å². The number of nitrogens with zero attached hydrogens (tertiary/aromatic N) is 2. The molecule has 0 aliphatic carbocycles. The number of fused-ring (bicyclic) bond motifs is 1. The summed E-state index contributed by atoms with van der Waals surface area (Å²) in [5.74, 6) is 0.449. The fourth-order valence-corrected chi connectivity index (χ4v) is 4.04. The molecule has 1 unspecified atom stereocenters. The Labute approximate surface area is 170 Å². The van der Waals surface area contributed by atoms with Gasteiger partial charge in [0.2, 0.25) is 0 Å². The number of aromatic nitrogens is 2. The highest BCUT2D eigenvalue weighted by Gasteiger charge is 2.27. The Morgan fingerprint density at radius 2 is 1.93 bits per heavy atom. The summed E-state index contributed by atoms with van der Waals surface area (Å²) in [5.41, 5.74) is 5.24. The number of rotatable bonds is 4. The molecular formula is C25H35N3. The third-order valence-electron chi connectivity index (χ3n) is 5.90. The molecule has 0 bridgehead atoms. The van der Waals surface area contributed by atoms with Gasteiger partial charge in [-0.3, -0.25) is 10.1 Å². The molecule has 0 amide bonds. The molecule has 150 valence electrons. The molecule has 1 N–H and O–H groups in total. The lowest BCUT2D eigenvalue weighted by Gasteiger charge is -2.27. The zero-order valence-corrected chi connectivity index (χ0v) is 18.3.